The minimum atomic E-state index is -3.31. The van der Waals surface area contributed by atoms with Crippen LogP contribution in [0.5, 0.6) is 0 Å². The molecule has 0 spiro atoms. The second kappa shape index (κ2) is 12.9. The summed E-state index contributed by atoms with van der Waals surface area (Å²) in [5.41, 5.74) is 10.2. The van der Waals surface area contributed by atoms with Crippen LogP contribution in [-0.4, -0.2) is 50.7 Å². The van der Waals surface area contributed by atoms with Crippen LogP contribution in [0.15, 0.2) is 92.8 Å². The number of nitrogens with one attached hydrogen (secondary N) is 3. The van der Waals surface area contributed by atoms with Gasteiger partial charge in [-0.15, -0.1) is 0 Å². The second-order valence-corrected chi connectivity index (χ2v) is 14.2. The van der Waals surface area contributed by atoms with E-state index in [1.54, 1.807) is 50.2 Å². The summed E-state index contributed by atoms with van der Waals surface area (Å²) < 4.78 is 47.1. The van der Waals surface area contributed by atoms with Crippen molar-refractivity contribution in [3.05, 3.63) is 94.5 Å². The van der Waals surface area contributed by atoms with Crippen molar-refractivity contribution in [3.63, 3.8) is 0 Å². The molecule has 0 atom stereocenters. The highest BCUT2D eigenvalue weighted by Crippen LogP contribution is 2.24. The molecule has 0 radical (unpaired) electrons. The van der Waals surface area contributed by atoms with Gasteiger partial charge in [-0.2, -0.15) is 20.2 Å². The molecule has 0 bridgehead atoms. The van der Waals surface area contributed by atoms with Crippen LogP contribution in [0.2, 0.25) is 5.02 Å². The van der Waals surface area contributed by atoms with E-state index in [0.29, 0.717) is 28.1 Å². The lowest BCUT2D eigenvalue weighted by Crippen LogP contribution is -2.07. The molecule has 1 aromatic heterocycles. The average Bonchev–Trinajstić information content (AvgIpc) is 2.95. The van der Waals surface area contributed by atoms with E-state index in [2.05, 4.69) is 36.3 Å². The molecular formula is C29H30ClN7O4S2. The van der Waals surface area contributed by atoms with Crippen molar-refractivity contribution in [3.8, 4) is 0 Å². The zero-order chi connectivity index (χ0) is 31.4. The van der Waals surface area contributed by atoms with Crippen molar-refractivity contribution in [2.75, 3.05) is 28.7 Å². The number of benzene rings is 3. The number of aryl methyl sites for hydroxylation is 1. The van der Waals surface area contributed by atoms with E-state index in [9.17, 15) is 16.8 Å². The minimum absolute atomic E-state index is 0.221. The van der Waals surface area contributed by atoms with Crippen LogP contribution in [0.4, 0.5) is 23.3 Å². The highest BCUT2D eigenvalue weighted by Gasteiger charge is 2.11. The first-order valence-electron chi connectivity index (χ1n) is 12.8. The average molecular weight is 640 g/mol. The molecule has 224 valence electrons. The van der Waals surface area contributed by atoms with Gasteiger partial charge in [0.05, 0.1) is 21.2 Å². The van der Waals surface area contributed by atoms with Crippen LogP contribution in [0.3, 0.4) is 0 Å². The van der Waals surface area contributed by atoms with Gasteiger partial charge in [-0.1, -0.05) is 35.9 Å². The molecule has 0 saturated carbocycles. The lowest BCUT2D eigenvalue weighted by molar-refractivity contribution is 0.600. The Hall–Kier alpha value is -4.33. The zero-order valence-corrected chi connectivity index (χ0v) is 26.4. The summed E-state index contributed by atoms with van der Waals surface area (Å²) >= 11 is 6.11. The first-order valence-corrected chi connectivity index (χ1v) is 17.0. The molecule has 1 heterocycles. The summed E-state index contributed by atoms with van der Waals surface area (Å²) in [5.74, 6) is 0.960. The van der Waals surface area contributed by atoms with Crippen molar-refractivity contribution >= 4 is 66.0 Å². The topological polar surface area (TPSA) is 155 Å². The summed E-state index contributed by atoms with van der Waals surface area (Å²) in [6, 6.07) is 19.8. The number of anilines is 4. The molecule has 4 aromatic rings. The van der Waals surface area contributed by atoms with E-state index in [4.69, 9.17) is 11.6 Å². The molecule has 4 rings (SSSR count). The van der Waals surface area contributed by atoms with Gasteiger partial charge in [0.25, 0.3) is 0 Å². The van der Waals surface area contributed by atoms with E-state index in [1.807, 2.05) is 19.1 Å². The van der Waals surface area contributed by atoms with Gasteiger partial charge in [-0.3, -0.25) is 10.9 Å². The maximum absolute atomic E-state index is 11.8. The summed E-state index contributed by atoms with van der Waals surface area (Å²) in [6.07, 6.45) is 2.31. The largest absolute Gasteiger partial charge is 0.324 e. The Morgan fingerprint density at radius 2 is 1.14 bits per heavy atom. The van der Waals surface area contributed by atoms with Crippen molar-refractivity contribution < 1.29 is 16.8 Å². The van der Waals surface area contributed by atoms with Crippen molar-refractivity contribution in [2.24, 2.45) is 10.2 Å². The van der Waals surface area contributed by atoms with Crippen molar-refractivity contribution in [1.29, 1.82) is 0 Å². The van der Waals surface area contributed by atoms with Crippen molar-refractivity contribution in [1.82, 2.24) is 9.97 Å². The van der Waals surface area contributed by atoms with Gasteiger partial charge in [-0.05, 0) is 79.9 Å². The Balaban J connectivity index is 1.61. The Bertz CT molecular complexity index is 1820. The standard InChI is InChI=1S/C29H30ClN7O4S2/c1-18-16-23(30)10-15-26(18)31-29-32-27(36-34-19(2)21-6-11-24(12-7-21)42(4,38)39)17-28(33-29)37-35-20(3)22-8-13-25(14-9-22)43(5,40)41/h6-17H,1-5H3,(H3,31,32,33,36,37). The molecule has 14 heteroatoms. The number of hydrogen-bond acceptors (Lipinski definition) is 11. The molecule has 0 unspecified atom stereocenters. The summed E-state index contributed by atoms with van der Waals surface area (Å²) in [6.45, 7) is 5.46. The monoisotopic (exact) mass is 639 g/mol. The Kier molecular flexibility index (Phi) is 9.48. The Labute approximate surface area is 256 Å². The fourth-order valence-electron chi connectivity index (χ4n) is 3.80. The van der Waals surface area contributed by atoms with Gasteiger partial charge >= 0.3 is 0 Å². The van der Waals surface area contributed by atoms with Crippen LogP contribution in [-0.2, 0) is 19.7 Å². The molecule has 3 N–H and O–H groups in total. The molecule has 0 fully saturated rings. The van der Waals surface area contributed by atoms with E-state index >= 15 is 0 Å². The normalized spacial score (nSPS) is 12.6. The number of hydrogen-bond donors (Lipinski definition) is 3. The third kappa shape index (κ3) is 8.60. The van der Waals surface area contributed by atoms with Gasteiger partial charge in [0.1, 0.15) is 0 Å². The maximum atomic E-state index is 11.8. The maximum Gasteiger partial charge on any atom is 0.231 e. The quantitative estimate of drug-likeness (QED) is 0.147. The van der Waals surface area contributed by atoms with Gasteiger partial charge in [0, 0.05) is 29.3 Å². The summed E-state index contributed by atoms with van der Waals surface area (Å²) in [5, 5.41) is 12.6. The molecular weight excluding hydrogens is 610 g/mol. The van der Waals surface area contributed by atoms with Crippen LogP contribution in [0.1, 0.15) is 30.5 Å². The summed E-state index contributed by atoms with van der Waals surface area (Å²) in [7, 11) is -6.61. The number of hydrazone groups is 2. The predicted octanol–water partition coefficient (Wildman–Crippen LogP) is 5.66. The molecule has 0 amide bonds. The predicted molar refractivity (Wildman–Crippen MR) is 172 cm³/mol. The van der Waals surface area contributed by atoms with E-state index in [0.717, 1.165) is 34.9 Å². The fourth-order valence-corrected chi connectivity index (χ4v) is 5.29. The SMILES string of the molecule is CC(=NNc1cc(NN=C(C)c2ccc(S(C)(=O)=O)cc2)nc(Nc2ccc(Cl)cc2C)n1)c1ccc(S(C)(=O)=O)cc1. The third-order valence-corrected chi connectivity index (χ3v) is 8.73. The fraction of sp³-hybridized carbons (Fsp3) is 0.172. The smallest absolute Gasteiger partial charge is 0.231 e. The molecule has 3 aromatic carbocycles. The summed E-state index contributed by atoms with van der Waals surface area (Å²) in [4.78, 5) is 9.49. The van der Waals surface area contributed by atoms with Crippen LogP contribution in [0.25, 0.3) is 0 Å². The number of halogens is 1. The molecule has 11 nitrogen and oxygen atoms in total. The van der Waals surface area contributed by atoms with Gasteiger partial charge in [0.15, 0.2) is 31.3 Å². The molecule has 0 saturated heterocycles. The third-order valence-electron chi connectivity index (χ3n) is 6.24. The number of nitrogens with zero attached hydrogens (tertiary/aromatic N) is 4. The van der Waals surface area contributed by atoms with Crippen LogP contribution >= 0.6 is 11.6 Å². The minimum Gasteiger partial charge on any atom is -0.324 e. The highest BCUT2D eigenvalue weighted by molar-refractivity contribution is 7.91. The van der Waals surface area contributed by atoms with Gasteiger partial charge in [0.2, 0.25) is 5.95 Å². The van der Waals surface area contributed by atoms with Gasteiger partial charge < -0.3 is 5.32 Å². The lowest BCUT2D eigenvalue weighted by atomic mass is 10.1. The second-order valence-electron chi connectivity index (χ2n) is 9.76. The Morgan fingerprint density at radius 3 is 1.53 bits per heavy atom. The molecule has 0 aliphatic carbocycles. The van der Waals surface area contributed by atoms with Crippen molar-refractivity contribution in [2.45, 2.75) is 30.6 Å². The van der Waals surface area contributed by atoms with Crippen LogP contribution < -0.4 is 16.2 Å². The van der Waals surface area contributed by atoms with E-state index in [-0.39, 0.29) is 15.7 Å². The molecule has 0 aliphatic rings. The first kappa shape index (κ1) is 31.6. The van der Waals surface area contributed by atoms with E-state index < -0.39 is 19.7 Å². The zero-order valence-electron chi connectivity index (χ0n) is 24.0. The van der Waals surface area contributed by atoms with Gasteiger partial charge in [-0.25, -0.2) is 16.8 Å². The highest BCUT2D eigenvalue weighted by atomic mass is 35.5. The number of sulfone groups is 2. The molecule has 43 heavy (non-hydrogen) atoms. The number of rotatable bonds is 10. The molecule has 0 aliphatic heterocycles. The lowest BCUT2D eigenvalue weighted by Gasteiger charge is -2.12. The Morgan fingerprint density at radius 1 is 0.698 bits per heavy atom. The van der Waals surface area contributed by atoms with E-state index in [1.165, 1.54) is 24.3 Å². The first-order chi connectivity index (χ1) is 20.2. The van der Waals surface area contributed by atoms with Crippen LogP contribution in [0, 0.1) is 6.92 Å². The number of aromatic nitrogens is 2.